The van der Waals surface area contributed by atoms with Crippen LogP contribution in [0, 0.1) is 5.92 Å². The second kappa shape index (κ2) is 7.28. The van der Waals surface area contributed by atoms with Gasteiger partial charge in [0.05, 0.1) is 17.4 Å². The first-order valence-electron chi connectivity index (χ1n) is 11.5. The molecule has 2 aliphatic carbocycles. The lowest BCUT2D eigenvalue weighted by Crippen LogP contribution is -2.62. The minimum Gasteiger partial charge on any atom is -0.475 e. The number of benzene rings is 2. The Morgan fingerprint density at radius 1 is 1.27 bits per heavy atom. The SMILES string of the molecule is O=C(NC[C@H](O)CN1CCc2ccccc2C1)c1ccc2c(c1)NC(=O)C1(C[C@]3(O)CC13)O2. The Bertz CT molecular complexity index is 1150. The molecule has 0 radical (unpaired) electrons. The van der Waals surface area contributed by atoms with Crippen LogP contribution in [0.15, 0.2) is 42.5 Å². The van der Waals surface area contributed by atoms with Gasteiger partial charge in [-0.2, -0.15) is 0 Å². The fourth-order valence-corrected chi connectivity index (χ4v) is 5.60. The number of anilines is 1. The molecule has 33 heavy (non-hydrogen) atoms. The highest BCUT2D eigenvalue weighted by Crippen LogP contribution is 2.68. The van der Waals surface area contributed by atoms with Crippen molar-refractivity contribution in [2.45, 2.75) is 43.1 Å². The van der Waals surface area contributed by atoms with Crippen molar-refractivity contribution in [2.24, 2.45) is 5.92 Å². The molecule has 4 N–H and O–H groups in total. The van der Waals surface area contributed by atoms with Crippen molar-refractivity contribution in [3.63, 3.8) is 0 Å². The van der Waals surface area contributed by atoms with Gasteiger partial charge in [-0.15, -0.1) is 0 Å². The van der Waals surface area contributed by atoms with Crippen molar-refractivity contribution in [1.82, 2.24) is 10.2 Å². The number of aliphatic hydroxyl groups excluding tert-OH is 1. The molecule has 4 atom stereocenters. The van der Waals surface area contributed by atoms with Crippen LogP contribution in [0.5, 0.6) is 5.75 Å². The van der Waals surface area contributed by atoms with E-state index in [0.29, 0.717) is 36.4 Å². The molecule has 2 unspecified atom stereocenters. The summed E-state index contributed by atoms with van der Waals surface area (Å²) < 4.78 is 5.98. The van der Waals surface area contributed by atoms with Crippen LogP contribution in [0.2, 0.25) is 0 Å². The molecule has 2 aliphatic heterocycles. The largest absolute Gasteiger partial charge is 0.475 e. The molecule has 0 bridgehead atoms. The quantitative estimate of drug-likeness (QED) is 0.543. The summed E-state index contributed by atoms with van der Waals surface area (Å²) in [4.78, 5) is 27.5. The summed E-state index contributed by atoms with van der Waals surface area (Å²) in [5.74, 6) is -0.240. The molecule has 4 aliphatic rings. The van der Waals surface area contributed by atoms with Crippen LogP contribution < -0.4 is 15.4 Å². The van der Waals surface area contributed by atoms with Crippen LogP contribution in [0.3, 0.4) is 0 Å². The highest BCUT2D eigenvalue weighted by Gasteiger charge is 2.80. The number of fused-ring (bicyclic) bond motifs is 4. The Hall–Kier alpha value is -2.94. The normalized spacial score (nSPS) is 30.1. The Morgan fingerprint density at radius 2 is 2.09 bits per heavy atom. The van der Waals surface area contributed by atoms with E-state index in [9.17, 15) is 19.8 Å². The number of rotatable bonds is 5. The maximum atomic E-state index is 12.6. The van der Waals surface area contributed by atoms with Gasteiger partial charge in [0.25, 0.3) is 11.8 Å². The van der Waals surface area contributed by atoms with Crippen LogP contribution in [-0.4, -0.2) is 63.9 Å². The number of β-amino-alcohol motifs (C(OH)–C–C–N with tert-alkyl or cyclic N) is 1. The van der Waals surface area contributed by atoms with Gasteiger partial charge < -0.3 is 25.6 Å². The Balaban J connectivity index is 1.04. The van der Waals surface area contributed by atoms with Crippen molar-refractivity contribution < 1.29 is 24.5 Å². The standard InChI is InChI=1S/C25H27N3O5/c29-18(13-28-8-7-15-3-1-2-4-17(15)12-28)11-26-22(30)16-5-6-20-19(9-16)27-23(31)25(33-20)14-24(32)10-21(24)25/h1-6,9,18,21,29,32H,7-8,10-14H2,(H,26,30)(H,27,31)/t18-,21?,24+,25?/m0/s1. The first kappa shape index (κ1) is 20.7. The Labute approximate surface area is 191 Å². The average Bonchev–Trinajstić information content (AvgIpc) is 3.39. The summed E-state index contributed by atoms with van der Waals surface area (Å²) in [5, 5.41) is 26.2. The van der Waals surface area contributed by atoms with Gasteiger partial charge in [0.15, 0.2) is 5.60 Å². The monoisotopic (exact) mass is 449 g/mol. The summed E-state index contributed by atoms with van der Waals surface area (Å²) in [6.45, 7) is 2.30. The van der Waals surface area contributed by atoms with Gasteiger partial charge in [-0.1, -0.05) is 24.3 Å². The predicted octanol–water partition coefficient (Wildman–Crippen LogP) is 1.06. The zero-order valence-corrected chi connectivity index (χ0v) is 18.2. The van der Waals surface area contributed by atoms with E-state index in [0.717, 1.165) is 19.5 Å². The lowest BCUT2D eigenvalue weighted by atomic mass is 9.76. The minimum absolute atomic E-state index is 0.139. The number of nitrogens with one attached hydrogen (secondary N) is 2. The number of nitrogens with zero attached hydrogens (tertiary/aromatic N) is 1. The molecule has 2 fully saturated rings. The highest BCUT2D eigenvalue weighted by atomic mass is 16.5. The molecule has 1 spiro atoms. The molecule has 2 heterocycles. The smallest absolute Gasteiger partial charge is 0.269 e. The first-order valence-corrected chi connectivity index (χ1v) is 11.5. The fraction of sp³-hybridized carbons (Fsp3) is 0.440. The summed E-state index contributed by atoms with van der Waals surface area (Å²) in [5.41, 5.74) is 1.74. The number of carbonyl (C=O) groups excluding carboxylic acids is 2. The van der Waals surface area contributed by atoms with Gasteiger partial charge in [-0.3, -0.25) is 14.5 Å². The summed E-state index contributed by atoms with van der Waals surface area (Å²) in [6.07, 6.45) is 1.16. The average molecular weight is 450 g/mol. The topological polar surface area (TPSA) is 111 Å². The van der Waals surface area contributed by atoms with Gasteiger partial charge in [0.2, 0.25) is 0 Å². The zero-order chi connectivity index (χ0) is 22.8. The molecular weight excluding hydrogens is 422 g/mol. The Kier molecular flexibility index (Phi) is 4.56. The van der Waals surface area contributed by atoms with Gasteiger partial charge in [-0.25, -0.2) is 0 Å². The molecule has 172 valence electrons. The van der Waals surface area contributed by atoms with Crippen molar-refractivity contribution >= 4 is 17.5 Å². The van der Waals surface area contributed by atoms with Crippen LogP contribution in [-0.2, 0) is 17.8 Å². The van der Waals surface area contributed by atoms with E-state index < -0.39 is 17.3 Å². The number of ether oxygens (including phenoxy) is 1. The van der Waals surface area contributed by atoms with Crippen molar-refractivity contribution in [3.05, 3.63) is 59.2 Å². The molecule has 0 saturated heterocycles. The predicted molar refractivity (Wildman–Crippen MR) is 120 cm³/mol. The van der Waals surface area contributed by atoms with Crippen LogP contribution in [0.4, 0.5) is 5.69 Å². The third-order valence-electron chi connectivity index (χ3n) is 7.52. The molecule has 2 aromatic rings. The molecule has 6 rings (SSSR count). The van der Waals surface area contributed by atoms with Gasteiger partial charge >= 0.3 is 0 Å². The van der Waals surface area contributed by atoms with E-state index in [1.54, 1.807) is 18.2 Å². The lowest BCUT2D eigenvalue weighted by Gasteiger charge is -2.45. The van der Waals surface area contributed by atoms with Crippen LogP contribution >= 0.6 is 0 Å². The number of carbonyl (C=O) groups is 2. The van der Waals surface area contributed by atoms with E-state index >= 15 is 0 Å². The fourth-order valence-electron chi connectivity index (χ4n) is 5.60. The van der Waals surface area contributed by atoms with E-state index in [4.69, 9.17) is 4.74 Å². The Morgan fingerprint density at radius 3 is 2.85 bits per heavy atom. The van der Waals surface area contributed by atoms with Crippen molar-refractivity contribution in [3.8, 4) is 5.75 Å². The van der Waals surface area contributed by atoms with E-state index in [1.165, 1.54) is 11.1 Å². The van der Waals surface area contributed by atoms with Gasteiger partial charge in [0.1, 0.15) is 5.75 Å². The molecular formula is C25H27N3O5. The van der Waals surface area contributed by atoms with Crippen molar-refractivity contribution in [2.75, 3.05) is 25.0 Å². The third kappa shape index (κ3) is 3.40. The van der Waals surface area contributed by atoms with E-state index in [1.807, 2.05) is 6.07 Å². The van der Waals surface area contributed by atoms with Gasteiger partial charge in [0, 0.05) is 44.1 Å². The first-order chi connectivity index (χ1) is 15.9. The molecule has 8 heteroatoms. The summed E-state index contributed by atoms with van der Waals surface area (Å²) >= 11 is 0. The molecule has 2 aromatic carbocycles. The molecule has 8 nitrogen and oxygen atoms in total. The second-order valence-electron chi connectivity index (χ2n) is 9.81. The van der Waals surface area contributed by atoms with E-state index in [2.05, 4.69) is 33.7 Å². The maximum Gasteiger partial charge on any atom is 0.269 e. The van der Waals surface area contributed by atoms with Crippen LogP contribution in [0.1, 0.15) is 34.3 Å². The van der Waals surface area contributed by atoms with Crippen LogP contribution in [0.25, 0.3) is 0 Å². The molecule has 2 saturated carbocycles. The number of amides is 2. The minimum atomic E-state index is -0.982. The number of hydrogen-bond acceptors (Lipinski definition) is 6. The third-order valence-corrected chi connectivity index (χ3v) is 7.52. The number of hydrogen-bond donors (Lipinski definition) is 4. The second-order valence-corrected chi connectivity index (χ2v) is 9.81. The highest BCUT2D eigenvalue weighted by molar-refractivity contribution is 6.04. The van der Waals surface area contributed by atoms with Gasteiger partial charge in [-0.05, 0) is 42.2 Å². The number of aliphatic hydroxyl groups is 2. The van der Waals surface area contributed by atoms with Crippen molar-refractivity contribution in [1.29, 1.82) is 0 Å². The van der Waals surface area contributed by atoms with E-state index in [-0.39, 0.29) is 24.3 Å². The zero-order valence-electron chi connectivity index (χ0n) is 18.2. The summed E-state index contributed by atoms with van der Waals surface area (Å²) in [6, 6.07) is 13.2. The lowest BCUT2D eigenvalue weighted by molar-refractivity contribution is -0.155. The maximum absolute atomic E-state index is 12.6. The molecule has 0 aromatic heterocycles. The molecule has 2 amide bonds. The summed E-state index contributed by atoms with van der Waals surface area (Å²) in [7, 11) is 0.